The molecule has 0 unspecified atom stereocenters. The molecule has 0 amide bonds. The van der Waals surface area contributed by atoms with Crippen molar-refractivity contribution in [3.63, 3.8) is 0 Å². The molecule has 0 aliphatic rings. The van der Waals surface area contributed by atoms with Crippen molar-refractivity contribution in [1.29, 1.82) is 0 Å². The van der Waals surface area contributed by atoms with Crippen LogP contribution >= 0.6 is 0 Å². The van der Waals surface area contributed by atoms with Crippen LogP contribution in [0, 0.1) is 0 Å². The van der Waals surface area contributed by atoms with Gasteiger partial charge in [-0.05, 0) is 25.6 Å². The Morgan fingerprint density at radius 2 is 2.38 bits per heavy atom. The molecule has 72 valence electrons. The number of furan rings is 1. The van der Waals surface area contributed by atoms with Crippen LogP contribution in [-0.2, 0) is 11.3 Å². The number of carbonyl (C=O) groups is 1. The van der Waals surface area contributed by atoms with Gasteiger partial charge < -0.3 is 4.42 Å². The number of hydrogen-bond acceptors (Lipinski definition) is 3. The molecule has 1 aromatic heterocycles. The quantitative estimate of drug-likeness (QED) is 0.693. The highest BCUT2D eigenvalue weighted by Gasteiger charge is 2.07. The molecular formula is C10H15NO2. The summed E-state index contributed by atoms with van der Waals surface area (Å²) in [6, 6.07) is 3.78. The molecule has 13 heavy (non-hydrogen) atoms. The molecule has 1 heterocycles. The minimum atomic E-state index is 0.188. The molecule has 0 saturated heterocycles. The van der Waals surface area contributed by atoms with Crippen LogP contribution in [0.3, 0.4) is 0 Å². The summed E-state index contributed by atoms with van der Waals surface area (Å²) in [6.07, 6.45) is 1.65. The fourth-order valence-electron chi connectivity index (χ4n) is 1.22. The van der Waals surface area contributed by atoms with Crippen LogP contribution in [-0.4, -0.2) is 23.8 Å². The lowest BCUT2D eigenvalue weighted by molar-refractivity contribution is -0.118. The maximum Gasteiger partial charge on any atom is 0.143 e. The van der Waals surface area contributed by atoms with Crippen molar-refractivity contribution < 1.29 is 9.21 Å². The maximum atomic E-state index is 10.9. The SMILES string of the molecule is CCN(CC(C)=O)Cc1ccco1. The highest BCUT2D eigenvalue weighted by molar-refractivity contribution is 5.77. The average Bonchev–Trinajstić information content (AvgIpc) is 2.55. The highest BCUT2D eigenvalue weighted by atomic mass is 16.3. The van der Waals surface area contributed by atoms with Gasteiger partial charge in [0.1, 0.15) is 11.5 Å². The zero-order valence-electron chi connectivity index (χ0n) is 8.12. The van der Waals surface area contributed by atoms with E-state index in [1.807, 2.05) is 24.0 Å². The third kappa shape index (κ3) is 3.42. The Morgan fingerprint density at radius 3 is 2.85 bits per heavy atom. The van der Waals surface area contributed by atoms with Gasteiger partial charge in [0.15, 0.2) is 0 Å². The zero-order valence-corrected chi connectivity index (χ0v) is 8.12. The number of carbonyl (C=O) groups excluding carboxylic acids is 1. The Kier molecular flexibility index (Phi) is 3.71. The molecule has 1 aromatic rings. The third-order valence-corrected chi connectivity index (χ3v) is 1.85. The standard InChI is InChI=1S/C10H15NO2/c1-3-11(7-9(2)12)8-10-5-4-6-13-10/h4-6H,3,7-8H2,1-2H3. The van der Waals surface area contributed by atoms with Gasteiger partial charge in [-0.3, -0.25) is 9.69 Å². The van der Waals surface area contributed by atoms with Crippen LogP contribution in [0.15, 0.2) is 22.8 Å². The third-order valence-electron chi connectivity index (χ3n) is 1.85. The summed E-state index contributed by atoms with van der Waals surface area (Å²) in [4.78, 5) is 12.9. The van der Waals surface area contributed by atoms with Crippen molar-refractivity contribution in [2.24, 2.45) is 0 Å². The first kappa shape index (κ1) is 9.99. The van der Waals surface area contributed by atoms with Crippen molar-refractivity contribution in [2.75, 3.05) is 13.1 Å². The van der Waals surface area contributed by atoms with Crippen molar-refractivity contribution in [3.05, 3.63) is 24.2 Å². The molecule has 3 heteroatoms. The van der Waals surface area contributed by atoms with Crippen molar-refractivity contribution in [3.8, 4) is 0 Å². The Balaban J connectivity index is 2.45. The predicted octanol–water partition coefficient (Wildman–Crippen LogP) is 1.69. The lowest BCUT2D eigenvalue weighted by atomic mass is 10.3. The van der Waals surface area contributed by atoms with Gasteiger partial charge in [0.05, 0.1) is 19.4 Å². The van der Waals surface area contributed by atoms with Gasteiger partial charge >= 0.3 is 0 Å². The summed E-state index contributed by atoms with van der Waals surface area (Å²) in [5.74, 6) is 1.09. The van der Waals surface area contributed by atoms with E-state index < -0.39 is 0 Å². The number of rotatable bonds is 5. The first-order valence-corrected chi connectivity index (χ1v) is 4.46. The van der Waals surface area contributed by atoms with Crippen LogP contribution < -0.4 is 0 Å². The van der Waals surface area contributed by atoms with E-state index in [-0.39, 0.29) is 5.78 Å². The summed E-state index contributed by atoms with van der Waals surface area (Å²) in [5.41, 5.74) is 0. The van der Waals surface area contributed by atoms with Gasteiger partial charge in [-0.15, -0.1) is 0 Å². The zero-order chi connectivity index (χ0) is 9.68. The molecule has 0 aromatic carbocycles. The molecular weight excluding hydrogens is 166 g/mol. The maximum absolute atomic E-state index is 10.9. The molecule has 0 atom stereocenters. The first-order chi connectivity index (χ1) is 6.22. The molecule has 0 aliphatic heterocycles. The largest absolute Gasteiger partial charge is 0.468 e. The number of nitrogens with zero attached hydrogens (tertiary/aromatic N) is 1. The van der Waals surface area contributed by atoms with Crippen LogP contribution in [0.2, 0.25) is 0 Å². The van der Waals surface area contributed by atoms with Gasteiger partial charge in [-0.1, -0.05) is 6.92 Å². The second-order valence-electron chi connectivity index (χ2n) is 3.08. The smallest absolute Gasteiger partial charge is 0.143 e. The fourth-order valence-corrected chi connectivity index (χ4v) is 1.22. The molecule has 3 nitrogen and oxygen atoms in total. The van der Waals surface area contributed by atoms with Crippen LogP contribution in [0.1, 0.15) is 19.6 Å². The monoisotopic (exact) mass is 181 g/mol. The van der Waals surface area contributed by atoms with Gasteiger partial charge in [0.2, 0.25) is 0 Å². The van der Waals surface area contributed by atoms with E-state index in [9.17, 15) is 4.79 Å². The Bertz CT molecular complexity index is 254. The lowest BCUT2D eigenvalue weighted by Gasteiger charge is -2.16. The summed E-state index contributed by atoms with van der Waals surface area (Å²) in [6.45, 7) is 5.71. The molecule has 0 radical (unpaired) electrons. The van der Waals surface area contributed by atoms with E-state index in [1.54, 1.807) is 13.2 Å². The molecule has 0 aliphatic carbocycles. The Labute approximate surface area is 78.3 Å². The van der Waals surface area contributed by atoms with E-state index in [0.29, 0.717) is 13.1 Å². The van der Waals surface area contributed by atoms with Crippen LogP contribution in [0.25, 0.3) is 0 Å². The number of hydrogen-bond donors (Lipinski definition) is 0. The van der Waals surface area contributed by atoms with E-state index in [0.717, 1.165) is 12.3 Å². The van der Waals surface area contributed by atoms with E-state index in [4.69, 9.17) is 4.42 Å². The van der Waals surface area contributed by atoms with Crippen molar-refractivity contribution in [1.82, 2.24) is 4.90 Å². The Morgan fingerprint density at radius 1 is 1.62 bits per heavy atom. The van der Waals surface area contributed by atoms with E-state index in [2.05, 4.69) is 0 Å². The number of ketones is 1. The second kappa shape index (κ2) is 4.82. The molecule has 0 bridgehead atoms. The minimum Gasteiger partial charge on any atom is -0.468 e. The van der Waals surface area contributed by atoms with Crippen LogP contribution in [0.4, 0.5) is 0 Å². The van der Waals surface area contributed by atoms with Crippen molar-refractivity contribution in [2.45, 2.75) is 20.4 Å². The Hall–Kier alpha value is -1.09. The molecule has 0 spiro atoms. The molecule has 0 fully saturated rings. The summed E-state index contributed by atoms with van der Waals surface area (Å²) < 4.78 is 5.19. The summed E-state index contributed by atoms with van der Waals surface area (Å²) in [7, 11) is 0. The van der Waals surface area contributed by atoms with Crippen molar-refractivity contribution >= 4 is 5.78 Å². The lowest BCUT2D eigenvalue weighted by Crippen LogP contribution is -2.27. The minimum absolute atomic E-state index is 0.188. The molecule has 1 rings (SSSR count). The second-order valence-corrected chi connectivity index (χ2v) is 3.08. The van der Waals surface area contributed by atoms with Gasteiger partial charge in [-0.25, -0.2) is 0 Å². The van der Waals surface area contributed by atoms with E-state index in [1.165, 1.54) is 0 Å². The predicted molar refractivity (Wildman–Crippen MR) is 50.3 cm³/mol. The molecule has 0 saturated carbocycles. The first-order valence-electron chi connectivity index (χ1n) is 4.46. The number of Topliss-reactive ketones (excluding diaryl/α,β-unsaturated/α-hetero) is 1. The summed E-state index contributed by atoms with van der Waals surface area (Å²) in [5, 5.41) is 0. The molecule has 0 N–H and O–H groups in total. The van der Waals surface area contributed by atoms with Gasteiger partial charge in [-0.2, -0.15) is 0 Å². The van der Waals surface area contributed by atoms with Gasteiger partial charge in [0.25, 0.3) is 0 Å². The average molecular weight is 181 g/mol. The van der Waals surface area contributed by atoms with Gasteiger partial charge in [0, 0.05) is 0 Å². The topological polar surface area (TPSA) is 33.5 Å². The normalized spacial score (nSPS) is 10.7. The van der Waals surface area contributed by atoms with E-state index >= 15 is 0 Å². The van der Waals surface area contributed by atoms with Crippen LogP contribution in [0.5, 0.6) is 0 Å². The summed E-state index contributed by atoms with van der Waals surface area (Å²) >= 11 is 0. The fraction of sp³-hybridized carbons (Fsp3) is 0.500. The highest BCUT2D eigenvalue weighted by Crippen LogP contribution is 2.04. The number of likely N-dealkylation sites (N-methyl/N-ethyl adjacent to an activating group) is 1.